The molecular formula is C9H12N4O3S2. The van der Waals surface area contributed by atoms with Gasteiger partial charge in [0.25, 0.3) is 10.0 Å². The van der Waals surface area contributed by atoms with Gasteiger partial charge in [0, 0.05) is 24.2 Å². The Kier molecular flexibility index (Phi) is 3.18. The van der Waals surface area contributed by atoms with E-state index in [1.165, 1.54) is 23.9 Å². The Morgan fingerprint density at radius 3 is 2.72 bits per heavy atom. The van der Waals surface area contributed by atoms with E-state index in [1.807, 2.05) is 0 Å². The second-order valence-electron chi connectivity index (χ2n) is 3.50. The molecule has 0 aliphatic carbocycles. The molecule has 0 aliphatic rings. The third-order valence-corrected chi connectivity index (χ3v) is 4.96. The number of methoxy groups -OCH3 is 1. The third-order valence-electron chi connectivity index (χ3n) is 2.15. The lowest BCUT2D eigenvalue weighted by Crippen LogP contribution is -2.12. The van der Waals surface area contributed by atoms with Crippen molar-refractivity contribution < 1.29 is 13.2 Å². The molecule has 0 saturated heterocycles. The topological polar surface area (TPSA) is 99.2 Å². The number of hydrogen-bond donors (Lipinski definition) is 2. The van der Waals surface area contributed by atoms with Gasteiger partial charge in [-0.2, -0.15) is 5.10 Å². The molecule has 0 amide bonds. The monoisotopic (exact) mass is 288 g/mol. The van der Waals surface area contributed by atoms with Crippen LogP contribution in [0, 0.1) is 0 Å². The Labute approximate surface area is 108 Å². The highest BCUT2D eigenvalue weighted by Crippen LogP contribution is 2.24. The minimum absolute atomic E-state index is 0.143. The summed E-state index contributed by atoms with van der Waals surface area (Å²) in [7, 11) is -0.513. The first-order chi connectivity index (χ1) is 8.42. The lowest BCUT2D eigenvalue weighted by molar-refractivity contribution is 0.373. The molecule has 2 heterocycles. The highest BCUT2D eigenvalue weighted by atomic mass is 32.2. The fourth-order valence-corrected chi connectivity index (χ4v) is 3.42. The van der Waals surface area contributed by atoms with E-state index in [0.717, 1.165) is 11.3 Å². The second-order valence-corrected chi connectivity index (χ2v) is 6.32. The van der Waals surface area contributed by atoms with E-state index in [1.54, 1.807) is 12.4 Å². The number of nitrogens with two attached hydrogens (primary N) is 1. The Balaban J connectivity index is 2.27. The van der Waals surface area contributed by atoms with Crippen molar-refractivity contribution in [2.24, 2.45) is 7.05 Å². The normalized spacial score (nSPS) is 11.4. The van der Waals surface area contributed by atoms with Crippen LogP contribution < -0.4 is 15.2 Å². The summed E-state index contributed by atoms with van der Waals surface area (Å²) in [5.41, 5.74) is 5.91. The number of aromatic nitrogens is 2. The fourth-order valence-electron chi connectivity index (χ4n) is 1.35. The number of ether oxygens (including phenoxy) is 1. The average Bonchev–Trinajstić information content (AvgIpc) is 2.84. The average molecular weight is 288 g/mol. The number of sulfonamides is 1. The minimum Gasteiger partial charge on any atom is -0.481 e. The van der Waals surface area contributed by atoms with Crippen LogP contribution in [0.5, 0.6) is 5.88 Å². The number of rotatable bonds is 4. The van der Waals surface area contributed by atoms with Gasteiger partial charge in [0.1, 0.15) is 4.21 Å². The van der Waals surface area contributed by atoms with Crippen molar-refractivity contribution in [3.63, 3.8) is 0 Å². The number of nitrogens with zero attached hydrogens (tertiary/aromatic N) is 2. The summed E-state index contributed by atoms with van der Waals surface area (Å²) in [5.74, 6) is 0.653. The molecule has 9 heteroatoms. The Morgan fingerprint density at radius 2 is 2.22 bits per heavy atom. The van der Waals surface area contributed by atoms with Crippen LogP contribution in [-0.4, -0.2) is 25.3 Å². The Hall–Kier alpha value is -1.74. The molecule has 2 aromatic rings. The summed E-state index contributed by atoms with van der Waals surface area (Å²) < 4.78 is 32.9. The van der Waals surface area contributed by atoms with Crippen molar-refractivity contribution >= 4 is 32.9 Å². The number of nitrogens with one attached hydrogen (secondary N) is 1. The molecule has 0 saturated carbocycles. The first-order valence-electron chi connectivity index (χ1n) is 4.87. The molecule has 7 nitrogen and oxygen atoms in total. The van der Waals surface area contributed by atoms with E-state index in [2.05, 4.69) is 9.82 Å². The van der Waals surface area contributed by atoms with Gasteiger partial charge in [0.05, 0.1) is 7.11 Å². The molecule has 0 unspecified atom stereocenters. The predicted molar refractivity (Wildman–Crippen MR) is 69.3 cm³/mol. The quantitative estimate of drug-likeness (QED) is 0.869. The molecule has 0 aromatic carbocycles. The molecule has 0 spiro atoms. The molecule has 0 fully saturated rings. The summed E-state index contributed by atoms with van der Waals surface area (Å²) in [6, 6.07) is 2.89. The standard InChI is InChI=1S/C9H12N4O3S2/c1-13-8(16-2)4-7(11-13)12-18(14,15)9-3-6(10)5-17-9/h3-5H,10H2,1-2H3,(H,11,12). The second kappa shape index (κ2) is 4.50. The molecule has 0 atom stereocenters. The maximum atomic E-state index is 12.0. The largest absolute Gasteiger partial charge is 0.481 e. The van der Waals surface area contributed by atoms with Crippen molar-refractivity contribution in [1.29, 1.82) is 0 Å². The van der Waals surface area contributed by atoms with Crippen molar-refractivity contribution in [3.05, 3.63) is 17.5 Å². The Morgan fingerprint density at radius 1 is 1.50 bits per heavy atom. The van der Waals surface area contributed by atoms with E-state index in [-0.39, 0.29) is 10.0 Å². The fraction of sp³-hybridized carbons (Fsp3) is 0.222. The maximum Gasteiger partial charge on any atom is 0.272 e. The highest BCUT2D eigenvalue weighted by molar-refractivity contribution is 7.94. The van der Waals surface area contributed by atoms with Crippen LogP contribution >= 0.6 is 11.3 Å². The lowest BCUT2D eigenvalue weighted by atomic mass is 10.6. The number of nitrogen functional groups attached to an aromatic ring is 1. The van der Waals surface area contributed by atoms with Gasteiger partial charge in [0.2, 0.25) is 5.88 Å². The Bertz CT molecular complexity index is 659. The maximum absolute atomic E-state index is 12.0. The molecule has 98 valence electrons. The van der Waals surface area contributed by atoms with E-state index in [9.17, 15) is 8.42 Å². The van der Waals surface area contributed by atoms with Crippen LogP contribution in [0.25, 0.3) is 0 Å². The first-order valence-corrected chi connectivity index (χ1v) is 7.23. The summed E-state index contributed by atoms with van der Waals surface area (Å²) in [6.45, 7) is 0. The van der Waals surface area contributed by atoms with Crippen LogP contribution in [-0.2, 0) is 17.1 Å². The zero-order valence-electron chi connectivity index (χ0n) is 9.75. The molecule has 0 bridgehead atoms. The van der Waals surface area contributed by atoms with Gasteiger partial charge in [-0.3, -0.25) is 4.72 Å². The van der Waals surface area contributed by atoms with Gasteiger partial charge in [-0.25, -0.2) is 13.1 Å². The van der Waals surface area contributed by atoms with E-state index < -0.39 is 10.0 Å². The van der Waals surface area contributed by atoms with E-state index in [0.29, 0.717) is 11.6 Å². The van der Waals surface area contributed by atoms with Crippen LogP contribution in [0.2, 0.25) is 0 Å². The van der Waals surface area contributed by atoms with Gasteiger partial charge >= 0.3 is 0 Å². The summed E-state index contributed by atoms with van der Waals surface area (Å²) >= 11 is 1.05. The third kappa shape index (κ3) is 2.41. The minimum atomic E-state index is -3.65. The number of thiophene rings is 1. The number of aryl methyl sites for hydroxylation is 1. The van der Waals surface area contributed by atoms with Crippen molar-refractivity contribution in [3.8, 4) is 5.88 Å². The molecular weight excluding hydrogens is 276 g/mol. The van der Waals surface area contributed by atoms with Crippen molar-refractivity contribution in [2.45, 2.75) is 4.21 Å². The predicted octanol–water partition coefficient (Wildman–Crippen LogP) is 0.873. The summed E-state index contributed by atoms with van der Waals surface area (Å²) in [5, 5.41) is 5.54. The van der Waals surface area contributed by atoms with Crippen LogP contribution in [0.1, 0.15) is 0 Å². The van der Waals surface area contributed by atoms with Gasteiger partial charge in [0.15, 0.2) is 5.82 Å². The SMILES string of the molecule is COc1cc(NS(=O)(=O)c2cc(N)cs2)nn1C. The van der Waals surface area contributed by atoms with Crippen molar-refractivity contribution in [1.82, 2.24) is 9.78 Å². The molecule has 2 rings (SSSR count). The first kappa shape index (κ1) is 12.7. The molecule has 0 radical (unpaired) electrons. The van der Waals surface area contributed by atoms with Gasteiger partial charge in [-0.1, -0.05) is 0 Å². The van der Waals surface area contributed by atoms with Crippen LogP contribution in [0.15, 0.2) is 21.7 Å². The van der Waals surface area contributed by atoms with Crippen molar-refractivity contribution in [2.75, 3.05) is 17.6 Å². The zero-order chi connectivity index (χ0) is 13.3. The smallest absolute Gasteiger partial charge is 0.272 e. The molecule has 18 heavy (non-hydrogen) atoms. The van der Waals surface area contributed by atoms with Crippen LogP contribution in [0.4, 0.5) is 11.5 Å². The zero-order valence-corrected chi connectivity index (χ0v) is 11.4. The lowest BCUT2D eigenvalue weighted by Gasteiger charge is -2.01. The molecule has 3 N–H and O–H groups in total. The van der Waals surface area contributed by atoms with Gasteiger partial charge in [-0.05, 0) is 6.07 Å². The summed E-state index contributed by atoms with van der Waals surface area (Å²) in [6.07, 6.45) is 0. The van der Waals surface area contributed by atoms with E-state index >= 15 is 0 Å². The molecule has 0 aliphatic heterocycles. The van der Waals surface area contributed by atoms with E-state index in [4.69, 9.17) is 10.5 Å². The van der Waals surface area contributed by atoms with Gasteiger partial charge in [-0.15, -0.1) is 11.3 Å². The number of anilines is 2. The highest BCUT2D eigenvalue weighted by Gasteiger charge is 2.18. The summed E-state index contributed by atoms with van der Waals surface area (Å²) in [4.78, 5) is 0. The van der Waals surface area contributed by atoms with Crippen LogP contribution in [0.3, 0.4) is 0 Å². The molecule has 2 aromatic heterocycles. The number of hydrogen-bond acceptors (Lipinski definition) is 6. The van der Waals surface area contributed by atoms with Gasteiger partial charge < -0.3 is 10.5 Å².